The monoisotopic (exact) mass is 256 g/mol. The lowest BCUT2D eigenvalue weighted by molar-refractivity contribution is 0.183. The molecule has 18 heavy (non-hydrogen) atoms. The number of aliphatic hydroxyl groups excluding tert-OH is 1. The van der Waals surface area contributed by atoms with Crippen LogP contribution in [0.25, 0.3) is 0 Å². The molecule has 1 rings (SSSR count). The van der Waals surface area contributed by atoms with Crippen LogP contribution in [0.4, 0.5) is 4.79 Å². The molecule has 0 aliphatic heterocycles. The molecule has 1 aliphatic rings. The zero-order valence-corrected chi connectivity index (χ0v) is 12.0. The van der Waals surface area contributed by atoms with Crippen molar-refractivity contribution in [1.82, 2.24) is 10.2 Å². The summed E-state index contributed by atoms with van der Waals surface area (Å²) in [6.07, 6.45) is 6.01. The molecule has 0 aromatic rings. The number of rotatable bonds is 6. The van der Waals surface area contributed by atoms with Gasteiger partial charge in [0.1, 0.15) is 0 Å². The minimum atomic E-state index is -0.0505. The highest BCUT2D eigenvalue weighted by molar-refractivity contribution is 5.74. The van der Waals surface area contributed by atoms with Crippen molar-refractivity contribution < 1.29 is 9.90 Å². The first kappa shape index (κ1) is 15.3. The van der Waals surface area contributed by atoms with Crippen LogP contribution in [0.2, 0.25) is 0 Å². The zero-order chi connectivity index (χ0) is 13.5. The Morgan fingerprint density at radius 1 is 1.44 bits per heavy atom. The number of hydrogen-bond acceptors (Lipinski definition) is 2. The minimum Gasteiger partial charge on any atom is -0.395 e. The highest BCUT2D eigenvalue weighted by atomic mass is 16.3. The van der Waals surface area contributed by atoms with E-state index in [1.807, 2.05) is 0 Å². The van der Waals surface area contributed by atoms with E-state index in [0.717, 1.165) is 12.3 Å². The van der Waals surface area contributed by atoms with E-state index >= 15 is 0 Å². The van der Waals surface area contributed by atoms with Crippen molar-refractivity contribution in [1.29, 1.82) is 0 Å². The highest BCUT2D eigenvalue weighted by Gasteiger charge is 2.28. The van der Waals surface area contributed by atoms with Gasteiger partial charge in [0.2, 0.25) is 0 Å². The molecule has 2 atom stereocenters. The third kappa shape index (κ3) is 4.84. The SMILES string of the molecule is CC(C)CCC1CCCC1NC(=O)N(C)CCO. The van der Waals surface area contributed by atoms with Gasteiger partial charge in [0.05, 0.1) is 6.61 Å². The Morgan fingerprint density at radius 3 is 2.78 bits per heavy atom. The van der Waals surface area contributed by atoms with E-state index in [0.29, 0.717) is 18.5 Å². The van der Waals surface area contributed by atoms with Gasteiger partial charge in [-0.3, -0.25) is 0 Å². The van der Waals surface area contributed by atoms with E-state index in [1.54, 1.807) is 11.9 Å². The predicted octanol–water partition coefficient (Wildman–Crippen LogP) is 2.23. The van der Waals surface area contributed by atoms with Crippen molar-refractivity contribution in [2.45, 2.75) is 52.0 Å². The molecule has 106 valence electrons. The second kappa shape index (κ2) is 7.62. The van der Waals surface area contributed by atoms with E-state index in [-0.39, 0.29) is 12.6 Å². The zero-order valence-electron chi connectivity index (χ0n) is 12.0. The number of carbonyl (C=O) groups is 1. The third-order valence-corrected chi connectivity index (χ3v) is 3.86. The van der Waals surface area contributed by atoms with Crippen molar-refractivity contribution in [2.24, 2.45) is 11.8 Å². The maximum Gasteiger partial charge on any atom is 0.317 e. The molecule has 2 unspecified atom stereocenters. The van der Waals surface area contributed by atoms with Gasteiger partial charge in [0, 0.05) is 19.6 Å². The average molecular weight is 256 g/mol. The van der Waals surface area contributed by atoms with E-state index in [2.05, 4.69) is 19.2 Å². The average Bonchev–Trinajstić information content (AvgIpc) is 2.74. The molecular formula is C14H28N2O2. The van der Waals surface area contributed by atoms with Crippen molar-refractivity contribution in [3.63, 3.8) is 0 Å². The molecule has 0 heterocycles. The quantitative estimate of drug-likeness (QED) is 0.765. The second-order valence-corrected chi connectivity index (χ2v) is 5.86. The Hall–Kier alpha value is -0.770. The standard InChI is InChI=1S/C14H28N2O2/c1-11(2)7-8-12-5-4-6-13(12)15-14(18)16(3)9-10-17/h11-13,17H,4-10H2,1-3H3,(H,15,18). The second-order valence-electron chi connectivity index (χ2n) is 5.86. The molecular weight excluding hydrogens is 228 g/mol. The lowest BCUT2D eigenvalue weighted by Crippen LogP contribution is -2.45. The number of carbonyl (C=O) groups excluding carboxylic acids is 1. The fraction of sp³-hybridized carbons (Fsp3) is 0.929. The molecule has 1 saturated carbocycles. The predicted molar refractivity (Wildman–Crippen MR) is 73.4 cm³/mol. The highest BCUT2D eigenvalue weighted by Crippen LogP contribution is 2.30. The Kier molecular flexibility index (Phi) is 6.47. The molecule has 0 aromatic heterocycles. The van der Waals surface area contributed by atoms with Crippen molar-refractivity contribution >= 4 is 6.03 Å². The molecule has 0 bridgehead atoms. The Bertz CT molecular complexity index is 256. The fourth-order valence-electron chi connectivity index (χ4n) is 2.64. The van der Waals surface area contributed by atoms with Gasteiger partial charge in [-0.05, 0) is 31.1 Å². The number of nitrogens with one attached hydrogen (secondary N) is 1. The largest absolute Gasteiger partial charge is 0.395 e. The first-order chi connectivity index (χ1) is 8.54. The Balaban J connectivity index is 2.37. The maximum absolute atomic E-state index is 11.9. The summed E-state index contributed by atoms with van der Waals surface area (Å²) in [5, 5.41) is 11.9. The number of likely N-dealkylation sites (N-methyl/N-ethyl adjacent to an activating group) is 1. The number of nitrogens with zero attached hydrogens (tertiary/aromatic N) is 1. The molecule has 0 radical (unpaired) electrons. The Labute approximate surface area is 111 Å². The topological polar surface area (TPSA) is 52.6 Å². The van der Waals surface area contributed by atoms with Crippen LogP contribution < -0.4 is 5.32 Å². The van der Waals surface area contributed by atoms with Crippen LogP contribution in [0, 0.1) is 11.8 Å². The molecule has 1 aliphatic carbocycles. The van der Waals surface area contributed by atoms with Crippen LogP contribution in [0.1, 0.15) is 46.0 Å². The van der Waals surface area contributed by atoms with Gasteiger partial charge in [-0.25, -0.2) is 4.79 Å². The number of urea groups is 1. The summed E-state index contributed by atoms with van der Waals surface area (Å²) in [4.78, 5) is 13.4. The van der Waals surface area contributed by atoms with Crippen LogP contribution in [-0.4, -0.2) is 42.3 Å². The van der Waals surface area contributed by atoms with Gasteiger partial charge in [0.25, 0.3) is 0 Å². The number of hydrogen-bond donors (Lipinski definition) is 2. The smallest absolute Gasteiger partial charge is 0.317 e. The van der Waals surface area contributed by atoms with Gasteiger partial charge >= 0.3 is 6.03 Å². The molecule has 1 fully saturated rings. The molecule has 4 heteroatoms. The fourth-order valence-corrected chi connectivity index (χ4v) is 2.64. The van der Waals surface area contributed by atoms with E-state index in [4.69, 9.17) is 5.11 Å². The first-order valence-electron chi connectivity index (χ1n) is 7.17. The van der Waals surface area contributed by atoms with Gasteiger partial charge in [-0.2, -0.15) is 0 Å². The van der Waals surface area contributed by atoms with E-state index in [9.17, 15) is 4.79 Å². The molecule has 0 saturated heterocycles. The summed E-state index contributed by atoms with van der Waals surface area (Å²) in [5.41, 5.74) is 0. The van der Waals surface area contributed by atoms with Crippen LogP contribution in [0.15, 0.2) is 0 Å². The summed E-state index contributed by atoms with van der Waals surface area (Å²) in [7, 11) is 1.73. The van der Waals surface area contributed by atoms with Crippen molar-refractivity contribution in [3.8, 4) is 0 Å². The lowest BCUT2D eigenvalue weighted by atomic mass is 9.94. The van der Waals surface area contributed by atoms with Gasteiger partial charge < -0.3 is 15.3 Å². The van der Waals surface area contributed by atoms with Crippen LogP contribution >= 0.6 is 0 Å². The first-order valence-corrected chi connectivity index (χ1v) is 7.17. The molecule has 2 amide bonds. The third-order valence-electron chi connectivity index (χ3n) is 3.86. The normalized spacial score (nSPS) is 23.4. The minimum absolute atomic E-state index is 0.0192. The summed E-state index contributed by atoms with van der Waals surface area (Å²) in [5.74, 6) is 1.37. The molecule has 0 aromatic carbocycles. The van der Waals surface area contributed by atoms with Gasteiger partial charge in [-0.15, -0.1) is 0 Å². The lowest BCUT2D eigenvalue weighted by Gasteiger charge is -2.25. The maximum atomic E-state index is 11.9. The van der Waals surface area contributed by atoms with E-state index < -0.39 is 0 Å². The molecule has 0 spiro atoms. The van der Waals surface area contributed by atoms with Crippen LogP contribution in [0.5, 0.6) is 0 Å². The Morgan fingerprint density at radius 2 is 2.17 bits per heavy atom. The van der Waals surface area contributed by atoms with Crippen molar-refractivity contribution in [3.05, 3.63) is 0 Å². The van der Waals surface area contributed by atoms with Crippen LogP contribution in [0.3, 0.4) is 0 Å². The van der Waals surface area contributed by atoms with E-state index in [1.165, 1.54) is 25.7 Å². The summed E-state index contributed by atoms with van der Waals surface area (Å²) in [6.45, 7) is 4.91. The van der Waals surface area contributed by atoms with Crippen LogP contribution in [-0.2, 0) is 0 Å². The summed E-state index contributed by atoms with van der Waals surface area (Å²) >= 11 is 0. The summed E-state index contributed by atoms with van der Waals surface area (Å²) in [6, 6.07) is 0.280. The molecule has 2 N–H and O–H groups in total. The number of amides is 2. The van der Waals surface area contributed by atoms with Crippen molar-refractivity contribution in [2.75, 3.05) is 20.2 Å². The van der Waals surface area contributed by atoms with Gasteiger partial charge in [0.15, 0.2) is 0 Å². The summed E-state index contributed by atoms with van der Waals surface area (Å²) < 4.78 is 0. The molecule has 4 nitrogen and oxygen atoms in total. The van der Waals surface area contributed by atoms with Gasteiger partial charge in [-0.1, -0.05) is 26.7 Å². The number of aliphatic hydroxyl groups is 1.